The number of halogens is 1. The van der Waals surface area contributed by atoms with Gasteiger partial charge in [-0.05, 0) is 36.6 Å². The first kappa shape index (κ1) is 24.0. The van der Waals surface area contributed by atoms with Crippen molar-refractivity contribution in [3.05, 3.63) is 47.7 Å². The SMILES string of the molecule is CN=C(NCc1ccc(N2CCCC2)nc1)N(C)Cc1ccc(OC)cc1OC.I. The smallest absolute Gasteiger partial charge is 0.193 e. The molecule has 1 aliphatic rings. The summed E-state index contributed by atoms with van der Waals surface area (Å²) in [7, 11) is 7.12. The van der Waals surface area contributed by atoms with Gasteiger partial charge in [0, 0.05) is 58.1 Å². The minimum absolute atomic E-state index is 0. The molecule has 30 heavy (non-hydrogen) atoms. The van der Waals surface area contributed by atoms with Crippen LogP contribution >= 0.6 is 24.0 Å². The third kappa shape index (κ3) is 6.13. The first-order valence-corrected chi connectivity index (χ1v) is 9.97. The molecule has 0 aliphatic carbocycles. The molecule has 0 bridgehead atoms. The van der Waals surface area contributed by atoms with Crippen molar-refractivity contribution >= 4 is 35.8 Å². The molecule has 1 N–H and O–H groups in total. The molecule has 1 aromatic carbocycles. The Morgan fingerprint density at radius 3 is 2.53 bits per heavy atom. The number of aromatic nitrogens is 1. The van der Waals surface area contributed by atoms with Crippen molar-refractivity contribution in [3.63, 3.8) is 0 Å². The summed E-state index contributed by atoms with van der Waals surface area (Å²) in [5.74, 6) is 3.46. The van der Waals surface area contributed by atoms with Gasteiger partial charge in [0.05, 0.1) is 14.2 Å². The summed E-state index contributed by atoms with van der Waals surface area (Å²) in [6.45, 7) is 3.55. The minimum Gasteiger partial charge on any atom is -0.497 e. The zero-order chi connectivity index (χ0) is 20.6. The molecule has 0 spiro atoms. The number of benzene rings is 1. The number of hydrogen-bond donors (Lipinski definition) is 1. The van der Waals surface area contributed by atoms with Gasteiger partial charge in [-0.25, -0.2) is 4.98 Å². The van der Waals surface area contributed by atoms with Crippen molar-refractivity contribution in [2.24, 2.45) is 4.99 Å². The van der Waals surface area contributed by atoms with Gasteiger partial charge >= 0.3 is 0 Å². The lowest BCUT2D eigenvalue weighted by atomic mass is 10.2. The zero-order valence-electron chi connectivity index (χ0n) is 18.2. The highest BCUT2D eigenvalue weighted by molar-refractivity contribution is 14.0. The summed E-state index contributed by atoms with van der Waals surface area (Å²) in [6.07, 6.45) is 4.46. The number of methoxy groups -OCH3 is 2. The molecule has 0 atom stereocenters. The fourth-order valence-corrected chi connectivity index (χ4v) is 3.53. The van der Waals surface area contributed by atoms with Gasteiger partial charge in [0.1, 0.15) is 17.3 Å². The van der Waals surface area contributed by atoms with E-state index in [0.717, 1.165) is 47.5 Å². The molecule has 8 heteroatoms. The predicted octanol–water partition coefficient (Wildman–Crippen LogP) is 3.52. The maximum absolute atomic E-state index is 5.51. The molecule has 2 aromatic rings. The van der Waals surface area contributed by atoms with E-state index in [-0.39, 0.29) is 24.0 Å². The standard InChI is InChI=1S/C22H31N5O2.HI/c1-23-22(26(2)16-18-8-9-19(28-3)13-20(18)29-4)25-15-17-7-10-21(24-14-17)27-11-5-6-12-27;/h7-10,13-14H,5-6,11-12,15-16H2,1-4H3,(H,23,25);1H. The van der Waals surface area contributed by atoms with Crippen LogP contribution in [-0.2, 0) is 13.1 Å². The molecule has 1 saturated heterocycles. The van der Waals surface area contributed by atoms with Crippen LogP contribution in [0.25, 0.3) is 0 Å². The van der Waals surface area contributed by atoms with Crippen LogP contribution in [-0.4, -0.2) is 57.2 Å². The van der Waals surface area contributed by atoms with E-state index in [4.69, 9.17) is 9.47 Å². The summed E-state index contributed by atoms with van der Waals surface area (Å²) in [5, 5.41) is 3.41. The van der Waals surface area contributed by atoms with Crippen molar-refractivity contribution in [3.8, 4) is 11.5 Å². The largest absolute Gasteiger partial charge is 0.497 e. The van der Waals surface area contributed by atoms with Crippen LogP contribution in [0.2, 0.25) is 0 Å². The molecule has 1 fully saturated rings. The highest BCUT2D eigenvalue weighted by Crippen LogP contribution is 2.25. The summed E-state index contributed by atoms with van der Waals surface area (Å²) < 4.78 is 10.8. The maximum atomic E-state index is 5.51. The number of anilines is 1. The summed E-state index contributed by atoms with van der Waals surface area (Å²) in [5.41, 5.74) is 2.19. The van der Waals surface area contributed by atoms with Crippen molar-refractivity contribution in [1.82, 2.24) is 15.2 Å². The Morgan fingerprint density at radius 2 is 1.93 bits per heavy atom. The van der Waals surface area contributed by atoms with E-state index < -0.39 is 0 Å². The lowest BCUT2D eigenvalue weighted by Crippen LogP contribution is -2.38. The van der Waals surface area contributed by atoms with E-state index in [0.29, 0.717) is 13.1 Å². The van der Waals surface area contributed by atoms with Crippen LogP contribution in [0.4, 0.5) is 5.82 Å². The molecule has 0 amide bonds. The number of pyridine rings is 1. The number of ether oxygens (including phenoxy) is 2. The van der Waals surface area contributed by atoms with E-state index in [2.05, 4.69) is 37.2 Å². The Kier molecular flexibility index (Phi) is 9.48. The molecule has 1 aliphatic heterocycles. The molecule has 2 heterocycles. The van der Waals surface area contributed by atoms with Gasteiger partial charge in [0.15, 0.2) is 5.96 Å². The maximum Gasteiger partial charge on any atom is 0.193 e. The molecule has 164 valence electrons. The third-order valence-electron chi connectivity index (χ3n) is 5.16. The average Bonchev–Trinajstić information content (AvgIpc) is 3.30. The van der Waals surface area contributed by atoms with Crippen LogP contribution in [0.5, 0.6) is 11.5 Å². The van der Waals surface area contributed by atoms with Crippen LogP contribution < -0.4 is 19.7 Å². The van der Waals surface area contributed by atoms with Gasteiger partial charge < -0.3 is 24.6 Å². The highest BCUT2D eigenvalue weighted by Gasteiger charge is 2.14. The fourth-order valence-electron chi connectivity index (χ4n) is 3.53. The van der Waals surface area contributed by atoms with Gasteiger partial charge in [-0.2, -0.15) is 0 Å². The van der Waals surface area contributed by atoms with Crippen LogP contribution in [0.3, 0.4) is 0 Å². The topological polar surface area (TPSA) is 62.2 Å². The van der Waals surface area contributed by atoms with Crippen LogP contribution in [0, 0.1) is 0 Å². The zero-order valence-corrected chi connectivity index (χ0v) is 20.6. The molecule has 0 radical (unpaired) electrons. The Balaban J connectivity index is 0.00000320. The number of guanidine groups is 1. The Hall–Kier alpha value is -2.23. The summed E-state index contributed by atoms with van der Waals surface area (Å²) >= 11 is 0. The second-order valence-corrected chi connectivity index (χ2v) is 7.15. The molecular formula is C22H32IN5O2. The molecule has 3 rings (SSSR count). The average molecular weight is 525 g/mol. The Morgan fingerprint density at radius 1 is 1.17 bits per heavy atom. The van der Waals surface area contributed by atoms with Gasteiger partial charge in [-0.1, -0.05) is 6.07 Å². The number of hydrogen-bond acceptors (Lipinski definition) is 5. The van der Waals surface area contributed by atoms with Gasteiger partial charge in [-0.15, -0.1) is 24.0 Å². The second kappa shape index (κ2) is 11.8. The van der Waals surface area contributed by atoms with E-state index in [1.165, 1.54) is 12.8 Å². The van der Waals surface area contributed by atoms with E-state index in [9.17, 15) is 0 Å². The normalized spacial score (nSPS) is 13.6. The predicted molar refractivity (Wildman–Crippen MR) is 132 cm³/mol. The Bertz CT molecular complexity index is 823. The van der Waals surface area contributed by atoms with Crippen LogP contribution in [0.15, 0.2) is 41.5 Å². The number of nitrogens with one attached hydrogen (secondary N) is 1. The molecule has 1 aromatic heterocycles. The van der Waals surface area contributed by atoms with E-state index in [1.54, 1.807) is 21.3 Å². The summed E-state index contributed by atoms with van der Waals surface area (Å²) in [6, 6.07) is 10.1. The van der Waals surface area contributed by atoms with Gasteiger partial charge in [0.25, 0.3) is 0 Å². The molecule has 0 saturated carbocycles. The number of rotatable bonds is 7. The number of nitrogens with zero attached hydrogens (tertiary/aromatic N) is 4. The quantitative estimate of drug-likeness (QED) is 0.339. The molecular weight excluding hydrogens is 493 g/mol. The summed E-state index contributed by atoms with van der Waals surface area (Å²) in [4.78, 5) is 13.4. The van der Waals surface area contributed by atoms with Crippen molar-refractivity contribution in [2.75, 3.05) is 46.3 Å². The first-order chi connectivity index (χ1) is 14.1. The number of aliphatic imine (C=N–C) groups is 1. The fraction of sp³-hybridized carbons (Fsp3) is 0.455. The van der Waals surface area contributed by atoms with Crippen molar-refractivity contribution < 1.29 is 9.47 Å². The lowest BCUT2D eigenvalue weighted by Gasteiger charge is -2.23. The van der Waals surface area contributed by atoms with Gasteiger partial charge in [0.2, 0.25) is 0 Å². The molecule has 0 unspecified atom stereocenters. The van der Waals surface area contributed by atoms with Gasteiger partial charge in [-0.3, -0.25) is 4.99 Å². The third-order valence-corrected chi connectivity index (χ3v) is 5.16. The first-order valence-electron chi connectivity index (χ1n) is 9.97. The highest BCUT2D eigenvalue weighted by atomic mass is 127. The van der Waals surface area contributed by atoms with E-state index in [1.807, 2.05) is 31.4 Å². The van der Waals surface area contributed by atoms with Crippen molar-refractivity contribution in [2.45, 2.75) is 25.9 Å². The minimum atomic E-state index is 0. The van der Waals surface area contributed by atoms with Crippen molar-refractivity contribution in [1.29, 1.82) is 0 Å². The second-order valence-electron chi connectivity index (χ2n) is 7.15. The molecule has 7 nitrogen and oxygen atoms in total. The Labute approximate surface area is 196 Å². The van der Waals surface area contributed by atoms with Crippen LogP contribution in [0.1, 0.15) is 24.0 Å². The van der Waals surface area contributed by atoms with E-state index >= 15 is 0 Å². The lowest BCUT2D eigenvalue weighted by molar-refractivity contribution is 0.382. The monoisotopic (exact) mass is 525 g/mol.